The average Bonchev–Trinajstić information content (AvgIpc) is 2.23. The third-order valence-electron chi connectivity index (χ3n) is 2.66. The van der Waals surface area contributed by atoms with Crippen LogP contribution in [0.1, 0.15) is 26.3 Å². The minimum atomic E-state index is -4.55. The summed E-state index contributed by atoms with van der Waals surface area (Å²) in [4.78, 5) is 12.2. The summed E-state index contributed by atoms with van der Waals surface area (Å²) in [6.07, 6.45) is -4.55. The number of carboxylic acid groups (broad SMARTS) is 1. The summed E-state index contributed by atoms with van der Waals surface area (Å²) >= 11 is 3.00. The van der Waals surface area contributed by atoms with Gasteiger partial charge in [0.05, 0.1) is 5.56 Å². The van der Waals surface area contributed by atoms with Crippen LogP contribution in [0.25, 0.3) is 0 Å². The van der Waals surface area contributed by atoms with Gasteiger partial charge in [-0.15, -0.1) is 0 Å². The van der Waals surface area contributed by atoms with Gasteiger partial charge in [0.2, 0.25) is 0 Å². The van der Waals surface area contributed by atoms with Crippen molar-refractivity contribution in [2.45, 2.75) is 32.5 Å². The zero-order chi connectivity index (χ0) is 15.7. The summed E-state index contributed by atoms with van der Waals surface area (Å²) in [6, 6.07) is 3.70. The first-order valence-corrected chi connectivity index (χ1v) is 6.58. The molecule has 0 unspecified atom stereocenters. The van der Waals surface area contributed by atoms with Crippen molar-refractivity contribution in [3.8, 4) is 0 Å². The maximum atomic E-state index is 13.1. The molecule has 1 N–H and O–H groups in total. The lowest BCUT2D eigenvalue weighted by Gasteiger charge is -2.38. The van der Waals surface area contributed by atoms with Crippen LogP contribution >= 0.6 is 15.9 Å². The minimum Gasteiger partial charge on any atom is -0.480 e. The smallest absolute Gasteiger partial charge is 0.418 e. The summed E-state index contributed by atoms with van der Waals surface area (Å²) in [5.74, 6) is -1.18. The lowest BCUT2D eigenvalue weighted by Crippen LogP contribution is -2.45. The summed E-state index contributed by atoms with van der Waals surface area (Å²) in [5, 5.41) is 8.92. The second-order valence-corrected chi connectivity index (χ2v) is 6.23. The van der Waals surface area contributed by atoms with Gasteiger partial charge in [0.1, 0.15) is 6.54 Å². The largest absolute Gasteiger partial charge is 0.480 e. The van der Waals surface area contributed by atoms with Crippen LogP contribution in [0, 0.1) is 0 Å². The fourth-order valence-electron chi connectivity index (χ4n) is 1.79. The predicted octanol–water partition coefficient (Wildman–Crippen LogP) is 4.16. The second kappa shape index (κ2) is 5.63. The van der Waals surface area contributed by atoms with Gasteiger partial charge in [-0.2, -0.15) is 13.2 Å². The third-order valence-corrected chi connectivity index (χ3v) is 3.15. The van der Waals surface area contributed by atoms with Crippen molar-refractivity contribution in [2.24, 2.45) is 0 Å². The van der Waals surface area contributed by atoms with Crippen LogP contribution in [0.15, 0.2) is 22.7 Å². The molecule has 0 saturated heterocycles. The summed E-state index contributed by atoms with van der Waals surface area (Å²) < 4.78 is 39.6. The van der Waals surface area contributed by atoms with E-state index in [0.717, 1.165) is 6.07 Å². The van der Waals surface area contributed by atoms with Crippen LogP contribution in [0.4, 0.5) is 18.9 Å². The van der Waals surface area contributed by atoms with Crippen molar-refractivity contribution in [3.63, 3.8) is 0 Å². The van der Waals surface area contributed by atoms with Gasteiger partial charge in [-0.05, 0) is 39.0 Å². The third kappa shape index (κ3) is 4.13. The van der Waals surface area contributed by atoms with E-state index < -0.39 is 29.8 Å². The van der Waals surface area contributed by atoms with Gasteiger partial charge in [-0.1, -0.05) is 15.9 Å². The van der Waals surface area contributed by atoms with Crippen LogP contribution < -0.4 is 4.90 Å². The fraction of sp³-hybridized carbons (Fsp3) is 0.462. The molecular formula is C13H15BrF3NO2. The predicted molar refractivity (Wildman–Crippen MR) is 73.9 cm³/mol. The van der Waals surface area contributed by atoms with E-state index in [1.54, 1.807) is 20.8 Å². The van der Waals surface area contributed by atoms with Gasteiger partial charge in [-0.3, -0.25) is 4.79 Å². The Morgan fingerprint density at radius 2 is 1.85 bits per heavy atom. The Balaban J connectivity index is 3.44. The minimum absolute atomic E-state index is 0.143. The molecule has 0 spiro atoms. The SMILES string of the molecule is CC(C)(C)N(CC(=O)O)c1ccc(Br)cc1C(F)(F)F. The van der Waals surface area contributed by atoms with Crippen molar-refractivity contribution in [1.82, 2.24) is 0 Å². The molecule has 1 aromatic carbocycles. The van der Waals surface area contributed by atoms with Gasteiger partial charge < -0.3 is 10.0 Å². The molecule has 1 rings (SSSR count). The molecule has 0 aromatic heterocycles. The molecule has 0 fully saturated rings. The molecule has 0 aliphatic carbocycles. The van der Waals surface area contributed by atoms with Crippen LogP contribution in [0.3, 0.4) is 0 Å². The van der Waals surface area contributed by atoms with E-state index in [2.05, 4.69) is 15.9 Å². The van der Waals surface area contributed by atoms with E-state index in [1.807, 2.05) is 0 Å². The molecule has 0 bridgehead atoms. The molecule has 1 aromatic rings. The lowest BCUT2D eigenvalue weighted by molar-refractivity contribution is -0.138. The highest BCUT2D eigenvalue weighted by Gasteiger charge is 2.37. The summed E-state index contributed by atoms with van der Waals surface area (Å²) in [7, 11) is 0. The number of carbonyl (C=O) groups is 1. The number of nitrogens with zero attached hydrogens (tertiary/aromatic N) is 1. The summed E-state index contributed by atoms with van der Waals surface area (Å²) in [6.45, 7) is 4.49. The Hall–Kier alpha value is -1.24. The van der Waals surface area contributed by atoms with E-state index in [1.165, 1.54) is 17.0 Å². The molecule has 0 aliphatic heterocycles. The molecule has 3 nitrogen and oxygen atoms in total. The molecule has 112 valence electrons. The highest BCUT2D eigenvalue weighted by atomic mass is 79.9. The number of benzene rings is 1. The van der Waals surface area contributed by atoms with Crippen LogP contribution in [0.2, 0.25) is 0 Å². The average molecular weight is 354 g/mol. The van der Waals surface area contributed by atoms with Crippen molar-refractivity contribution in [2.75, 3.05) is 11.4 Å². The van der Waals surface area contributed by atoms with Gasteiger partial charge in [-0.25, -0.2) is 0 Å². The first-order chi connectivity index (χ1) is 8.93. The zero-order valence-electron chi connectivity index (χ0n) is 11.3. The standard InChI is InChI=1S/C13H15BrF3NO2/c1-12(2,3)18(7-11(19)20)10-5-4-8(14)6-9(10)13(15,16)17/h4-6H,7H2,1-3H3,(H,19,20). The van der Waals surface area contributed by atoms with E-state index in [4.69, 9.17) is 5.11 Å². The Labute approximate surface area is 123 Å². The van der Waals surface area contributed by atoms with Crippen molar-refractivity contribution in [3.05, 3.63) is 28.2 Å². The van der Waals surface area contributed by atoms with Gasteiger partial charge in [0.25, 0.3) is 0 Å². The quantitative estimate of drug-likeness (QED) is 0.886. The number of halogens is 4. The molecule has 0 saturated carbocycles. The van der Waals surface area contributed by atoms with Crippen molar-refractivity contribution >= 4 is 27.6 Å². The fourth-order valence-corrected chi connectivity index (χ4v) is 2.15. The Morgan fingerprint density at radius 3 is 2.25 bits per heavy atom. The highest BCUT2D eigenvalue weighted by molar-refractivity contribution is 9.10. The number of carboxylic acids is 1. The molecule has 0 radical (unpaired) electrons. The summed E-state index contributed by atoms with van der Waals surface area (Å²) in [5.41, 5.74) is -1.76. The Bertz CT molecular complexity index is 509. The van der Waals surface area contributed by atoms with Crippen LogP contribution in [-0.2, 0) is 11.0 Å². The van der Waals surface area contributed by atoms with Gasteiger partial charge >= 0.3 is 12.1 Å². The molecular weight excluding hydrogens is 339 g/mol. The molecule has 0 aliphatic rings. The Morgan fingerprint density at radius 1 is 1.30 bits per heavy atom. The van der Waals surface area contributed by atoms with E-state index in [-0.39, 0.29) is 10.2 Å². The number of rotatable bonds is 3. The number of aliphatic carboxylic acids is 1. The lowest BCUT2D eigenvalue weighted by atomic mass is 10.0. The number of alkyl halides is 3. The first kappa shape index (κ1) is 16.8. The van der Waals surface area contributed by atoms with Crippen LogP contribution in [-0.4, -0.2) is 23.2 Å². The van der Waals surface area contributed by atoms with Crippen molar-refractivity contribution in [1.29, 1.82) is 0 Å². The first-order valence-electron chi connectivity index (χ1n) is 5.79. The molecule has 0 amide bonds. The normalized spacial score (nSPS) is 12.3. The number of anilines is 1. The monoisotopic (exact) mass is 353 g/mol. The van der Waals surface area contributed by atoms with E-state index >= 15 is 0 Å². The van der Waals surface area contributed by atoms with Crippen molar-refractivity contribution < 1.29 is 23.1 Å². The second-order valence-electron chi connectivity index (χ2n) is 5.31. The maximum absolute atomic E-state index is 13.1. The topological polar surface area (TPSA) is 40.5 Å². The number of hydrogen-bond donors (Lipinski definition) is 1. The number of hydrogen-bond acceptors (Lipinski definition) is 2. The molecule has 0 atom stereocenters. The van der Waals surface area contributed by atoms with Crippen LogP contribution in [0.5, 0.6) is 0 Å². The highest BCUT2D eigenvalue weighted by Crippen LogP contribution is 2.40. The van der Waals surface area contributed by atoms with Gasteiger partial charge in [0, 0.05) is 15.7 Å². The maximum Gasteiger partial charge on any atom is 0.418 e. The van der Waals surface area contributed by atoms with E-state index in [0.29, 0.717) is 0 Å². The Kier molecular flexibility index (Phi) is 4.74. The molecule has 20 heavy (non-hydrogen) atoms. The van der Waals surface area contributed by atoms with E-state index in [9.17, 15) is 18.0 Å². The zero-order valence-corrected chi connectivity index (χ0v) is 12.8. The molecule has 0 heterocycles. The van der Waals surface area contributed by atoms with Gasteiger partial charge in [0.15, 0.2) is 0 Å². The molecule has 7 heteroatoms.